The van der Waals surface area contributed by atoms with Gasteiger partial charge in [0.15, 0.2) is 0 Å². The summed E-state index contributed by atoms with van der Waals surface area (Å²) in [5, 5.41) is 8.63. The minimum Gasteiger partial charge on any atom is -0.491 e. The molecular formula is C35H43N7O4. The van der Waals surface area contributed by atoms with E-state index in [1.807, 2.05) is 61.1 Å². The molecule has 2 aromatic heterocycles. The lowest BCUT2D eigenvalue weighted by Gasteiger charge is -2.37. The number of anilines is 2. The van der Waals surface area contributed by atoms with Gasteiger partial charge in [0, 0.05) is 49.9 Å². The zero-order chi connectivity index (χ0) is 32.1. The Morgan fingerprint density at radius 1 is 1.04 bits per heavy atom. The van der Waals surface area contributed by atoms with Crippen LogP contribution in [0, 0.1) is 0 Å². The van der Waals surface area contributed by atoms with Gasteiger partial charge in [-0.1, -0.05) is 25.7 Å². The van der Waals surface area contributed by atoms with Crippen molar-refractivity contribution in [3.63, 3.8) is 0 Å². The van der Waals surface area contributed by atoms with Gasteiger partial charge >= 0.3 is 5.69 Å². The summed E-state index contributed by atoms with van der Waals surface area (Å²) in [6.07, 6.45) is 9.55. The normalized spacial score (nSPS) is 21.0. The lowest BCUT2D eigenvalue weighted by Crippen LogP contribution is -2.46. The topological polar surface area (TPSA) is 91.8 Å². The Kier molecular flexibility index (Phi) is 9.41. The predicted molar refractivity (Wildman–Crippen MR) is 179 cm³/mol. The monoisotopic (exact) mass is 625 g/mol. The molecule has 3 atom stereocenters. The SMILES string of the molecule is C=C/C=C(\C)[C@]1(Cn2cccn2)OC[C@@H](COc2ccc(N3CCN(c4ccc(-n5cnn(C(C)CC)c5=O)cc4)CC3)cc2)O1. The zero-order valence-corrected chi connectivity index (χ0v) is 26.9. The average Bonchev–Trinajstić information content (AvgIpc) is 3.85. The molecule has 242 valence electrons. The second-order valence-electron chi connectivity index (χ2n) is 11.9. The number of rotatable bonds is 12. The van der Waals surface area contributed by atoms with Gasteiger partial charge in [0.1, 0.15) is 24.8 Å². The van der Waals surface area contributed by atoms with Crippen LogP contribution < -0.4 is 20.2 Å². The van der Waals surface area contributed by atoms with Crippen molar-refractivity contribution in [1.29, 1.82) is 0 Å². The van der Waals surface area contributed by atoms with Gasteiger partial charge in [-0.25, -0.2) is 14.0 Å². The molecule has 11 heteroatoms. The third kappa shape index (κ3) is 6.66. The van der Waals surface area contributed by atoms with Gasteiger partial charge in [-0.2, -0.15) is 10.2 Å². The highest BCUT2D eigenvalue weighted by atomic mass is 16.8. The van der Waals surface area contributed by atoms with Crippen LogP contribution in [0.15, 0.2) is 102 Å². The minimum atomic E-state index is -0.904. The van der Waals surface area contributed by atoms with E-state index in [-0.39, 0.29) is 17.8 Å². The van der Waals surface area contributed by atoms with Gasteiger partial charge in [0.05, 0.1) is 24.9 Å². The number of aromatic nitrogens is 5. The van der Waals surface area contributed by atoms with Crippen LogP contribution in [0.25, 0.3) is 5.69 Å². The molecule has 1 unspecified atom stereocenters. The van der Waals surface area contributed by atoms with Gasteiger partial charge in [0.2, 0.25) is 5.79 Å². The van der Waals surface area contributed by atoms with Gasteiger partial charge in [-0.3, -0.25) is 4.68 Å². The quantitative estimate of drug-likeness (QED) is 0.207. The second kappa shape index (κ2) is 13.8. The van der Waals surface area contributed by atoms with Crippen LogP contribution in [0.2, 0.25) is 0 Å². The fourth-order valence-electron chi connectivity index (χ4n) is 5.93. The number of allylic oxidation sites excluding steroid dienone is 2. The Labute approximate surface area is 269 Å². The molecule has 2 aromatic carbocycles. The van der Waals surface area contributed by atoms with Crippen molar-refractivity contribution < 1.29 is 14.2 Å². The van der Waals surface area contributed by atoms with Crippen molar-refractivity contribution in [1.82, 2.24) is 24.1 Å². The second-order valence-corrected chi connectivity index (χ2v) is 11.9. The summed E-state index contributed by atoms with van der Waals surface area (Å²) < 4.78 is 23.7. The van der Waals surface area contributed by atoms with E-state index in [9.17, 15) is 4.79 Å². The molecule has 0 spiro atoms. The van der Waals surface area contributed by atoms with Gasteiger partial charge in [-0.05, 0) is 80.4 Å². The van der Waals surface area contributed by atoms with E-state index in [1.165, 1.54) is 5.69 Å². The summed E-state index contributed by atoms with van der Waals surface area (Å²) in [6, 6.07) is 18.4. The molecule has 0 aliphatic carbocycles. The number of piperazine rings is 1. The number of ether oxygens (including phenoxy) is 3. The molecular weight excluding hydrogens is 582 g/mol. The van der Waals surface area contributed by atoms with Crippen molar-refractivity contribution in [3.8, 4) is 11.4 Å². The van der Waals surface area contributed by atoms with Crippen LogP contribution in [-0.2, 0) is 16.0 Å². The number of benzene rings is 2. The molecule has 0 N–H and O–H groups in total. The first-order valence-corrected chi connectivity index (χ1v) is 16.0. The Morgan fingerprint density at radius 3 is 2.30 bits per heavy atom. The average molecular weight is 626 g/mol. The molecule has 2 saturated heterocycles. The van der Waals surface area contributed by atoms with E-state index in [0.717, 1.165) is 55.3 Å². The standard InChI is InChI=1S/C35H43N7O4/c1-5-8-27(3)35(25-40-18-7-17-36-40)45-24-33(46-35)23-44-32-15-13-30(14-16-32)39-21-19-38(20-22-39)29-9-11-31(12-10-29)41-26-37-42(34(41)43)28(4)6-2/h5,7-18,26,28,33H,1,6,19-25H2,2-4H3/b27-8+/t28?,33-,35-/m1/s1. The molecule has 4 heterocycles. The number of hydrogen-bond acceptors (Lipinski definition) is 8. The first-order valence-electron chi connectivity index (χ1n) is 16.0. The third-order valence-corrected chi connectivity index (χ3v) is 8.87. The fourth-order valence-corrected chi connectivity index (χ4v) is 5.93. The molecule has 46 heavy (non-hydrogen) atoms. The highest BCUT2D eigenvalue weighted by molar-refractivity contribution is 5.54. The molecule has 2 aliphatic heterocycles. The van der Waals surface area contributed by atoms with E-state index < -0.39 is 5.79 Å². The first-order chi connectivity index (χ1) is 22.4. The highest BCUT2D eigenvalue weighted by Gasteiger charge is 2.44. The summed E-state index contributed by atoms with van der Waals surface area (Å²) in [6.45, 7) is 14.8. The first kappa shape index (κ1) is 31.4. The lowest BCUT2D eigenvalue weighted by atomic mass is 10.1. The fraction of sp³-hybridized carbons (Fsp3) is 0.400. The smallest absolute Gasteiger partial charge is 0.350 e. The van der Waals surface area contributed by atoms with Gasteiger partial charge < -0.3 is 24.0 Å². The maximum Gasteiger partial charge on any atom is 0.350 e. The number of nitrogens with zero attached hydrogens (tertiary/aromatic N) is 7. The highest BCUT2D eigenvalue weighted by Crippen LogP contribution is 2.33. The maximum atomic E-state index is 12.8. The molecule has 0 bridgehead atoms. The molecule has 2 fully saturated rings. The summed E-state index contributed by atoms with van der Waals surface area (Å²) in [5.41, 5.74) is 3.97. The van der Waals surface area contributed by atoms with Crippen LogP contribution in [0.4, 0.5) is 11.4 Å². The molecule has 0 amide bonds. The lowest BCUT2D eigenvalue weighted by molar-refractivity contribution is -0.152. The van der Waals surface area contributed by atoms with Crippen molar-refractivity contribution in [2.24, 2.45) is 0 Å². The molecule has 0 radical (unpaired) electrons. The van der Waals surface area contributed by atoms with Crippen LogP contribution in [0.5, 0.6) is 5.75 Å². The molecule has 6 rings (SSSR count). The van der Waals surface area contributed by atoms with Crippen LogP contribution in [0.3, 0.4) is 0 Å². The molecule has 0 saturated carbocycles. The largest absolute Gasteiger partial charge is 0.491 e. The van der Waals surface area contributed by atoms with E-state index in [4.69, 9.17) is 14.2 Å². The van der Waals surface area contributed by atoms with E-state index >= 15 is 0 Å². The van der Waals surface area contributed by atoms with Crippen LogP contribution in [0.1, 0.15) is 33.2 Å². The maximum absolute atomic E-state index is 12.8. The Hall–Kier alpha value is -4.61. The van der Waals surface area contributed by atoms with Crippen LogP contribution in [-0.4, -0.2) is 75.4 Å². The van der Waals surface area contributed by atoms with E-state index in [0.29, 0.717) is 19.8 Å². The summed E-state index contributed by atoms with van der Waals surface area (Å²) >= 11 is 0. The predicted octanol–water partition coefficient (Wildman–Crippen LogP) is 4.85. The Bertz CT molecular complexity index is 1670. The molecule has 4 aromatic rings. The summed E-state index contributed by atoms with van der Waals surface area (Å²) in [7, 11) is 0. The summed E-state index contributed by atoms with van der Waals surface area (Å²) in [4.78, 5) is 17.6. The zero-order valence-electron chi connectivity index (χ0n) is 26.9. The van der Waals surface area contributed by atoms with Crippen molar-refractivity contribution in [2.75, 3.05) is 49.2 Å². The van der Waals surface area contributed by atoms with Gasteiger partial charge in [0.25, 0.3) is 0 Å². The summed E-state index contributed by atoms with van der Waals surface area (Å²) in [5.74, 6) is -0.109. The third-order valence-electron chi connectivity index (χ3n) is 8.87. The molecule has 2 aliphatic rings. The van der Waals surface area contributed by atoms with Crippen LogP contribution >= 0.6 is 0 Å². The van der Waals surface area contributed by atoms with E-state index in [1.54, 1.807) is 27.8 Å². The van der Waals surface area contributed by atoms with Gasteiger partial charge in [-0.15, -0.1) is 0 Å². The Morgan fingerprint density at radius 2 is 1.70 bits per heavy atom. The number of hydrogen-bond donors (Lipinski definition) is 0. The van der Waals surface area contributed by atoms with Crippen molar-refractivity contribution >= 4 is 11.4 Å². The van der Waals surface area contributed by atoms with Crippen molar-refractivity contribution in [2.45, 2.75) is 51.7 Å². The van der Waals surface area contributed by atoms with Crippen molar-refractivity contribution in [3.05, 3.63) is 108 Å². The molecule has 11 nitrogen and oxygen atoms in total. The van der Waals surface area contributed by atoms with E-state index in [2.05, 4.69) is 57.8 Å². The minimum absolute atomic E-state index is 0.0734. The Balaban J connectivity index is 0.999.